The number of hydrogen-bond acceptors (Lipinski definition) is 2. The fraction of sp³-hybridized carbons (Fsp3) is 0.222. The van der Waals surface area contributed by atoms with Gasteiger partial charge in [0.05, 0.1) is 0 Å². The van der Waals surface area contributed by atoms with Crippen LogP contribution in [0.15, 0.2) is 24.3 Å². The van der Waals surface area contributed by atoms with Crippen LogP contribution in [0.4, 0.5) is 0 Å². The second-order valence-corrected chi connectivity index (χ2v) is 5.66. The zero-order valence-corrected chi connectivity index (χ0v) is 11.3. The van der Waals surface area contributed by atoms with Gasteiger partial charge >= 0.3 is 0 Å². The first-order valence-corrected chi connectivity index (χ1v) is 7.01. The second kappa shape index (κ2) is 3.89. The van der Waals surface area contributed by atoms with E-state index < -0.39 is 5.78 Å². The van der Waals surface area contributed by atoms with Crippen molar-refractivity contribution in [2.45, 2.75) is 26.2 Å². The minimum atomic E-state index is -0.421. The molecule has 2 aromatic rings. The summed E-state index contributed by atoms with van der Waals surface area (Å²) in [5, 5.41) is 2.39. The quantitative estimate of drug-likeness (QED) is 0.682. The third-order valence-electron chi connectivity index (χ3n) is 4.49. The number of allylic oxidation sites excluding steroid dienone is 1. The van der Waals surface area contributed by atoms with Crippen molar-refractivity contribution in [1.82, 2.24) is 0 Å². The van der Waals surface area contributed by atoms with Crippen molar-refractivity contribution >= 4 is 28.4 Å². The van der Waals surface area contributed by atoms with Crippen LogP contribution in [0.5, 0.6) is 0 Å². The van der Waals surface area contributed by atoms with E-state index >= 15 is 0 Å². The van der Waals surface area contributed by atoms with Crippen molar-refractivity contribution in [3.05, 3.63) is 52.1 Å². The van der Waals surface area contributed by atoms with Crippen molar-refractivity contribution in [3.63, 3.8) is 0 Å². The van der Waals surface area contributed by atoms with Gasteiger partial charge in [0.15, 0.2) is 0 Å². The van der Waals surface area contributed by atoms with E-state index in [4.69, 9.17) is 0 Å². The summed E-state index contributed by atoms with van der Waals surface area (Å²) in [6.07, 6.45) is 6.67. The molecule has 0 fully saturated rings. The lowest BCUT2D eigenvalue weighted by Crippen LogP contribution is -2.16. The van der Waals surface area contributed by atoms with Gasteiger partial charge in [-0.1, -0.05) is 12.1 Å². The van der Waals surface area contributed by atoms with Crippen LogP contribution in [0, 0.1) is 6.92 Å². The smallest absolute Gasteiger partial charge is 0.233 e. The summed E-state index contributed by atoms with van der Waals surface area (Å²) in [5.74, 6) is -0.806. The Morgan fingerprint density at radius 1 is 1.05 bits per heavy atom. The van der Waals surface area contributed by atoms with Gasteiger partial charge in [0, 0.05) is 5.56 Å². The van der Waals surface area contributed by atoms with Crippen LogP contribution in [-0.4, -0.2) is 11.6 Å². The molecule has 0 unspecified atom stereocenters. The van der Waals surface area contributed by atoms with Gasteiger partial charge in [-0.25, -0.2) is 0 Å². The summed E-state index contributed by atoms with van der Waals surface area (Å²) in [6, 6.07) is 6.09. The number of fused-ring (bicyclic) bond motifs is 5. The standard InChI is InChI=1S/C18H14O2/c1-10-9-11-3-2-4-12(11)13-5-6-15-14(17(10)13)7-8-16(19)18(15)20/h5-9H,2-4H2,1H3. The molecule has 0 saturated carbocycles. The van der Waals surface area contributed by atoms with E-state index in [-0.39, 0.29) is 5.78 Å². The predicted molar refractivity (Wildman–Crippen MR) is 79.1 cm³/mol. The van der Waals surface area contributed by atoms with Gasteiger partial charge in [0.2, 0.25) is 11.6 Å². The number of ketones is 2. The zero-order valence-electron chi connectivity index (χ0n) is 11.3. The molecule has 0 aromatic heterocycles. The molecular weight excluding hydrogens is 248 g/mol. The Morgan fingerprint density at radius 2 is 1.90 bits per heavy atom. The van der Waals surface area contributed by atoms with Crippen LogP contribution < -0.4 is 0 Å². The Labute approximate surface area is 117 Å². The summed E-state index contributed by atoms with van der Waals surface area (Å²) >= 11 is 0. The summed E-state index contributed by atoms with van der Waals surface area (Å²) in [5.41, 5.74) is 5.53. The minimum Gasteiger partial charge on any atom is -0.286 e. The van der Waals surface area contributed by atoms with Crippen LogP contribution in [0.2, 0.25) is 0 Å². The molecule has 4 rings (SSSR count). The summed E-state index contributed by atoms with van der Waals surface area (Å²) in [7, 11) is 0. The lowest BCUT2D eigenvalue weighted by Gasteiger charge is -2.16. The number of benzene rings is 2. The number of hydrogen-bond donors (Lipinski definition) is 0. The van der Waals surface area contributed by atoms with E-state index in [2.05, 4.69) is 13.0 Å². The number of carbonyl (C=O) groups excluding carboxylic acids is 2. The number of rotatable bonds is 0. The predicted octanol–water partition coefficient (Wildman–Crippen LogP) is 3.42. The highest BCUT2D eigenvalue weighted by Gasteiger charge is 2.24. The lowest BCUT2D eigenvalue weighted by molar-refractivity contribution is -0.110. The normalized spacial score (nSPS) is 16.6. The van der Waals surface area contributed by atoms with E-state index in [9.17, 15) is 9.59 Å². The zero-order chi connectivity index (χ0) is 13.9. The van der Waals surface area contributed by atoms with Gasteiger partial charge in [0.25, 0.3) is 0 Å². The maximum atomic E-state index is 12.0. The van der Waals surface area contributed by atoms with Crippen LogP contribution in [0.25, 0.3) is 16.8 Å². The maximum Gasteiger partial charge on any atom is 0.233 e. The highest BCUT2D eigenvalue weighted by molar-refractivity contribution is 6.50. The van der Waals surface area contributed by atoms with Gasteiger partial charge in [-0.15, -0.1) is 0 Å². The molecule has 20 heavy (non-hydrogen) atoms. The molecule has 0 radical (unpaired) electrons. The first-order valence-electron chi connectivity index (χ1n) is 7.01. The SMILES string of the molecule is Cc1cc2c(c3ccc4c(c13)C=CC(=O)C4=O)CCC2. The maximum absolute atomic E-state index is 12.0. The van der Waals surface area contributed by atoms with E-state index in [0.717, 1.165) is 23.8 Å². The fourth-order valence-corrected chi connectivity index (χ4v) is 3.60. The van der Waals surface area contributed by atoms with E-state index in [1.807, 2.05) is 12.1 Å². The first-order chi connectivity index (χ1) is 9.66. The molecule has 2 aliphatic carbocycles. The van der Waals surface area contributed by atoms with Crippen LogP contribution in [0.3, 0.4) is 0 Å². The minimum absolute atomic E-state index is 0.385. The van der Waals surface area contributed by atoms with Crippen LogP contribution >= 0.6 is 0 Å². The monoisotopic (exact) mass is 262 g/mol. The Balaban J connectivity index is 2.15. The number of aryl methyl sites for hydroxylation is 3. The molecule has 0 heterocycles. The molecule has 0 N–H and O–H groups in total. The van der Waals surface area contributed by atoms with Crippen molar-refractivity contribution in [2.75, 3.05) is 0 Å². The second-order valence-electron chi connectivity index (χ2n) is 5.66. The number of Topliss-reactive ketones (excluding diaryl/α,β-unsaturated/α-hetero) is 1. The van der Waals surface area contributed by atoms with Crippen molar-refractivity contribution < 1.29 is 9.59 Å². The Bertz CT molecular complexity index is 825. The summed E-state index contributed by atoms with van der Waals surface area (Å²) in [6.45, 7) is 2.09. The molecule has 0 spiro atoms. The van der Waals surface area contributed by atoms with Gasteiger partial charge in [-0.05, 0) is 77.4 Å². The van der Waals surface area contributed by atoms with E-state index in [1.165, 1.54) is 34.6 Å². The van der Waals surface area contributed by atoms with Gasteiger partial charge in [-0.3, -0.25) is 9.59 Å². The molecule has 0 bridgehead atoms. The van der Waals surface area contributed by atoms with Gasteiger partial charge in [0.1, 0.15) is 0 Å². The Morgan fingerprint density at radius 3 is 2.75 bits per heavy atom. The largest absolute Gasteiger partial charge is 0.286 e. The highest BCUT2D eigenvalue weighted by atomic mass is 16.2. The first kappa shape index (κ1) is 11.6. The van der Waals surface area contributed by atoms with Gasteiger partial charge in [-0.2, -0.15) is 0 Å². The van der Waals surface area contributed by atoms with Gasteiger partial charge < -0.3 is 0 Å². The molecule has 2 heteroatoms. The van der Waals surface area contributed by atoms with E-state index in [0.29, 0.717) is 5.56 Å². The lowest BCUT2D eigenvalue weighted by atomic mass is 9.86. The molecule has 0 amide bonds. The molecule has 0 saturated heterocycles. The summed E-state index contributed by atoms with van der Waals surface area (Å²) in [4.78, 5) is 23.5. The molecule has 2 aliphatic rings. The van der Waals surface area contributed by atoms with Crippen molar-refractivity contribution in [3.8, 4) is 0 Å². The molecular formula is C18H14O2. The highest BCUT2D eigenvalue weighted by Crippen LogP contribution is 2.36. The molecule has 0 aliphatic heterocycles. The molecule has 0 atom stereocenters. The van der Waals surface area contributed by atoms with Crippen molar-refractivity contribution in [2.24, 2.45) is 0 Å². The molecule has 98 valence electrons. The van der Waals surface area contributed by atoms with Crippen LogP contribution in [0.1, 0.15) is 39.0 Å². The molecule has 2 nitrogen and oxygen atoms in total. The average molecular weight is 262 g/mol. The fourth-order valence-electron chi connectivity index (χ4n) is 3.60. The van der Waals surface area contributed by atoms with Crippen molar-refractivity contribution in [1.29, 1.82) is 0 Å². The topological polar surface area (TPSA) is 34.1 Å². The third-order valence-corrected chi connectivity index (χ3v) is 4.49. The Kier molecular flexibility index (Phi) is 2.25. The van der Waals surface area contributed by atoms with E-state index in [1.54, 1.807) is 6.08 Å². The van der Waals surface area contributed by atoms with Crippen LogP contribution in [-0.2, 0) is 17.6 Å². The molecule has 2 aromatic carbocycles. The average Bonchev–Trinajstić information content (AvgIpc) is 2.90. The Hall–Kier alpha value is -2.22. The third kappa shape index (κ3) is 1.39. The number of carbonyl (C=O) groups is 2. The summed E-state index contributed by atoms with van der Waals surface area (Å²) < 4.78 is 0.